The lowest BCUT2D eigenvalue weighted by atomic mass is 10.2. The fourth-order valence-electron chi connectivity index (χ4n) is 1.65. The number of aryl methyl sites for hydroxylation is 1. The van der Waals surface area contributed by atoms with Crippen LogP contribution in [0.2, 0.25) is 5.02 Å². The summed E-state index contributed by atoms with van der Waals surface area (Å²) in [6.07, 6.45) is 0. The lowest BCUT2D eigenvalue weighted by Gasteiger charge is -2.10. The van der Waals surface area contributed by atoms with E-state index in [0.29, 0.717) is 10.6 Å². The molecule has 0 heterocycles. The predicted octanol–water partition coefficient (Wildman–Crippen LogP) is 4.68. The van der Waals surface area contributed by atoms with Crippen molar-refractivity contribution in [1.82, 2.24) is 0 Å². The second-order valence-electron chi connectivity index (χ2n) is 4.17. The maximum absolute atomic E-state index is 13.6. The smallest absolute Gasteiger partial charge is 0.146 e. The Labute approximate surface area is 114 Å². The number of hydrogen-bond donors (Lipinski definition) is 1. The van der Waals surface area contributed by atoms with Gasteiger partial charge in [0.15, 0.2) is 0 Å². The fourth-order valence-corrected chi connectivity index (χ4v) is 1.84. The third-order valence-electron chi connectivity index (χ3n) is 2.73. The van der Waals surface area contributed by atoms with E-state index in [-0.39, 0.29) is 17.8 Å². The first-order valence-corrected chi connectivity index (χ1v) is 5.98. The Morgan fingerprint density at radius 3 is 2.53 bits per heavy atom. The first-order chi connectivity index (χ1) is 8.97. The van der Waals surface area contributed by atoms with E-state index in [1.54, 1.807) is 0 Å². The van der Waals surface area contributed by atoms with Gasteiger partial charge in [0.25, 0.3) is 0 Å². The Hall–Kier alpha value is -1.68. The van der Waals surface area contributed by atoms with Crippen molar-refractivity contribution in [3.05, 3.63) is 63.9 Å². The van der Waals surface area contributed by atoms with Crippen molar-refractivity contribution in [2.75, 3.05) is 5.32 Å². The van der Waals surface area contributed by atoms with E-state index in [4.69, 9.17) is 11.6 Å². The van der Waals surface area contributed by atoms with Crippen LogP contribution in [0.25, 0.3) is 0 Å². The molecule has 1 N–H and O–H groups in total. The van der Waals surface area contributed by atoms with Crippen LogP contribution >= 0.6 is 11.6 Å². The summed E-state index contributed by atoms with van der Waals surface area (Å²) in [6, 6.07) is 6.07. The van der Waals surface area contributed by atoms with Gasteiger partial charge in [-0.1, -0.05) is 11.6 Å². The van der Waals surface area contributed by atoms with Gasteiger partial charge >= 0.3 is 0 Å². The molecule has 0 atom stereocenters. The number of anilines is 1. The summed E-state index contributed by atoms with van der Waals surface area (Å²) in [6.45, 7) is 1.58. The Bertz CT molecular complexity index is 614. The van der Waals surface area contributed by atoms with Crippen LogP contribution in [0.5, 0.6) is 0 Å². The Kier molecular flexibility index (Phi) is 4.00. The molecule has 0 spiro atoms. The summed E-state index contributed by atoms with van der Waals surface area (Å²) in [5, 5.41) is 3.06. The second-order valence-corrected chi connectivity index (χ2v) is 4.58. The van der Waals surface area contributed by atoms with E-state index < -0.39 is 17.5 Å². The van der Waals surface area contributed by atoms with Crippen molar-refractivity contribution in [1.29, 1.82) is 0 Å². The molecule has 19 heavy (non-hydrogen) atoms. The highest BCUT2D eigenvalue weighted by atomic mass is 35.5. The van der Waals surface area contributed by atoms with Crippen molar-refractivity contribution < 1.29 is 13.2 Å². The molecule has 0 saturated heterocycles. The molecule has 0 unspecified atom stereocenters. The maximum atomic E-state index is 13.6. The quantitative estimate of drug-likeness (QED) is 0.863. The standard InChI is InChI=1S/C14H11ClF3N/c1-8-4-13(18)14(6-12(8)17)19-7-9-5-10(16)2-3-11(9)15/h2-6,19H,7H2,1H3. The van der Waals surface area contributed by atoms with Crippen molar-refractivity contribution in [2.24, 2.45) is 0 Å². The molecule has 2 rings (SSSR count). The minimum atomic E-state index is -0.563. The first kappa shape index (κ1) is 13.7. The molecule has 0 fully saturated rings. The molecule has 100 valence electrons. The van der Waals surface area contributed by atoms with Gasteiger partial charge in [-0.3, -0.25) is 0 Å². The molecule has 0 radical (unpaired) electrons. The zero-order valence-electron chi connectivity index (χ0n) is 10.1. The molecule has 0 amide bonds. The molecular formula is C14H11ClF3N. The topological polar surface area (TPSA) is 12.0 Å². The van der Waals surface area contributed by atoms with E-state index >= 15 is 0 Å². The van der Waals surface area contributed by atoms with Gasteiger partial charge < -0.3 is 5.32 Å². The summed E-state index contributed by atoms with van der Waals surface area (Å²) in [7, 11) is 0. The van der Waals surface area contributed by atoms with Crippen molar-refractivity contribution >= 4 is 17.3 Å². The lowest BCUT2D eigenvalue weighted by molar-refractivity contribution is 0.594. The van der Waals surface area contributed by atoms with Crippen LogP contribution in [-0.4, -0.2) is 0 Å². The first-order valence-electron chi connectivity index (χ1n) is 5.61. The van der Waals surface area contributed by atoms with Gasteiger partial charge in [-0.25, -0.2) is 13.2 Å². The number of nitrogens with one attached hydrogen (secondary N) is 1. The fraction of sp³-hybridized carbons (Fsp3) is 0.143. The van der Waals surface area contributed by atoms with E-state index in [9.17, 15) is 13.2 Å². The Morgan fingerprint density at radius 2 is 1.79 bits per heavy atom. The lowest BCUT2D eigenvalue weighted by Crippen LogP contribution is -2.03. The highest BCUT2D eigenvalue weighted by Crippen LogP contribution is 2.22. The molecule has 0 saturated carbocycles. The van der Waals surface area contributed by atoms with Crippen LogP contribution in [0.15, 0.2) is 30.3 Å². The molecule has 0 aromatic heterocycles. The number of rotatable bonds is 3. The van der Waals surface area contributed by atoms with E-state index in [0.717, 1.165) is 12.1 Å². The summed E-state index contributed by atoms with van der Waals surface area (Å²) < 4.78 is 40.0. The third-order valence-corrected chi connectivity index (χ3v) is 3.09. The Morgan fingerprint density at radius 1 is 1.05 bits per heavy atom. The molecule has 0 aliphatic rings. The maximum Gasteiger partial charge on any atom is 0.146 e. The molecule has 1 nitrogen and oxygen atoms in total. The largest absolute Gasteiger partial charge is 0.378 e. The number of benzene rings is 2. The van der Waals surface area contributed by atoms with E-state index in [1.807, 2.05) is 0 Å². The number of hydrogen-bond acceptors (Lipinski definition) is 1. The van der Waals surface area contributed by atoms with Crippen LogP contribution in [0.4, 0.5) is 18.9 Å². The SMILES string of the molecule is Cc1cc(F)c(NCc2cc(F)ccc2Cl)cc1F. The summed E-state index contributed by atoms with van der Waals surface area (Å²) >= 11 is 5.88. The average molecular weight is 286 g/mol. The normalized spacial score (nSPS) is 10.6. The van der Waals surface area contributed by atoms with Gasteiger partial charge in [-0.05, 0) is 42.3 Å². The summed E-state index contributed by atoms with van der Waals surface area (Å²) in [5.41, 5.74) is 0.720. The van der Waals surface area contributed by atoms with Gasteiger partial charge in [0, 0.05) is 17.6 Å². The van der Waals surface area contributed by atoms with Crippen LogP contribution in [0, 0.1) is 24.4 Å². The second kappa shape index (κ2) is 5.53. The summed E-state index contributed by atoms with van der Waals surface area (Å²) in [5.74, 6) is -1.50. The monoisotopic (exact) mass is 285 g/mol. The van der Waals surface area contributed by atoms with Crippen LogP contribution < -0.4 is 5.32 Å². The zero-order valence-corrected chi connectivity index (χ0v) is 10.9. The molecule has 2 aromatic rings. The van der Waals surface area contributed by atoms with Gasteiger partial charge in [0.05, 0.1) is 5.69 Å². The average Bonchev–Trinajstić information content (AvgIpc) is 2.36. The van der Waals surface area contributed by atoms with Crippen molar-refractivity contribution in [3.63, 3.8) is 0 Å². The molecule has 0 bridgehead atoms. The zero-order chi connectivity index (χ0) is 14.0. The predicted molar refractivity (Wildman–Crippen MR) is 69.8 cm³/mol. The molecule has 2 aromatic carbocycles. The van der Waals surface area contributed by atoms with Crippen LogP contribution in [-0.2, 0) is 6.54 Å². The number of halogens is 4. The third kappa shape index (κ3) is 3.20. The van der Waals surface area contributed by atoms with Crippen molar-refractivity contribution in [3.8, 4) is 0 Å². The summed E-state index contributed by atoms with van der Waals surface area (Å²) in [4.78, 5) is 0. The minimum absolute atomic E-state index is 0.0171. The van der Waals surface area contributed by atoms with Gasteiger partial charge in [0.2, 0.25) is 0 Å². The van der Waals surface area contributed by atoms with Crippen molar-refractivity contribution in [2.45, 2.75) is 13.5 Å². The highest BCUT2D eigenvalue weighted by molar-refractivity contribution is 6.31. The van der Waals surface area contributed by atoms with Gasteiger partial charge in [-0.2, -0.15) is 0 Å². The van der Waals surface area contributed by atoms with Gasteiger partial charge in [-0.15, -0.1) is 0 Å². The highest BCUT2D eigenvalue weighted by Gasteiger charge is 2.08. The van der Waals surface area contributed by atoms with Gasteiger partial charge in [0.1, 0.15) is 17.5 Å². The molecular weight excluding hydrogens is 275 g/mol. The molecule has 0 aliphatic heterocycles. The van der Waals surface area contributed by atoms with Crippen LogP contribution in [0.1, 0.15) is 11.1 Å². The minimum Gasteiger partial charge on any atom is -0.378 e. The van der Waals surface area contributed by atoms with E-state index in [1.165, 1.54) is 25.1 Å². The molecule has 5 heteroatoms. The van der Waals surface area contributed by atoms with Crippen LogP contribution in [0.3, 0.4) is 0 Å². The Balaban J connectivity index is 2.19. The molecule has 0 aliphatic carbocycles. The van der Waals surface area contributed by atoms with E-state index in [2.05, 4.69) is 5.32 Å².